The van der Waals surface area contributed by atoms with Crippen molar-refractivity contribution in [3.8, 4) is 28.3 Å². The van der Waals surface area contributed by atoms with Crippen molar-refractivity contribution < 1.29 is 9.84 Å². The van der Waals surface area contributed by atoms with Gasteiger partial charge in [0, 0.05) is 30.8 Å². The average Bonchev–Trinajstić information content (AvgIpc) is 3.41. The summed E-state index contributed by atoms with van der Waals surface area (Å²) in [4.78, 5) is 10.7. The van der Waals surface area contributed by atoms with Crippen molar-refractivity contribution in [2.75, 3.05) is 20.2 Å². The molecule has 1 fully saturated rings. The number of benzene rings is 3. The van der Waals surface area contributed by atoms with Crippen molar-refractivity contribution in [2.45, 2.75) is 26.0 Å². The summed E-state index contributed by atoms with van der Waals surface area (Å²) in [5.74, 6) is 1.69. The van der Waals surface area contributed by atoms with E-state index in [1.165, 1.54) is 16.7 Å². The Balaban J connectivity index is 1.48. The molecule has 1 aliphatic heterocycles. The molecule has 0 amide bonds. The third-order valence-electron chi connectivity index (χ3n) is 6.19. The van der Waals surface area contributed by atoms with E-state index in [9.17, 15) is 5.11 Å². The molecule has 5 nitrogen and oxygen atoms in total. The number of β-amino-alcohol motifs (C(OH)–C–C–N with tert-alkyl or cyclic N) is 1. The normalized spacial score (nSPS) is 16.8. The molecule has 1 aromatic heterocycles. The van der Waals surface area contributed by atoms with Gasteiger partial charge in [-0.15, -0.1) is 0 Å². The van der Waals surface area contributed by atoms with Gasteiger partial charge in [0.25, 0.3) is 0 Å². The Morgan fingerprint density at radius 3 is 2.68 bits per heavy atom. The number of ether oxygens (including phenoxy) is 1. The standard InChI is InChI=1S/C26H27N3O2/c1-17-22(18-6-4-3-5-7-18)10-11-23-25(17)28-26(27-23)19-8-9-20(24(14-19)31-2)15-29-13-12-21(30)16-29/h3-11,14,21,30H,12-13,15-16H2,1-2H3,(H,27,28)/t21-/m1/s1. The Morgan fingerprint density at radius 1 is 1.10 bits per heavy atom. The van der Waals surface area contributed by atoms with Crippen LogP contribution in [0, 0.1) is 6.92 Å². The first-order valence-electron chi connectivity index (χ1n) is 10.7. The van der Waals surface area contributed by atoms with E-state index in [1.807, 2.05) is 12.1 Å². The predicted molar refractivity (Wildman–Crippen MR) is 124 cm³/mol. The number of H-pyrrole nitrogens is 1. The third-order valence-corrected chi connectivity index (χ3v) is 6.19. The van der Waals surface area contributed by atoms with Crippen molar-refractivity contribution in [2.24, 2.45) is 0 Å². The Hall–Kier alpha value is -3.15. The third kappa shape index (κ3) is 3.82. The van der Waals surface area contributed by atoms with E-state index in [4.69, 9.17) is 9.72 Å². The molecule has 3 aromatic carbocycles. The van der Waals surface area contributed by atoms with Crippen LogP contribution in [0.15, 0.2) is 60.7 Å². The number of imidazole rings is 1. The van der Waals surface area contributed by atoms with Gasteiger partial charge in [0.2, 0.25) is 0 Å². The fraction of sp³-hybridized carbons (Fsp3) is 0.269. The van der Waals surface area contributed by atoms with Gasteiger partial charge in [-0.25, -0.2) is 4.98 Å². The van der Waals surface area contributed by atoms with Crippen LogP contribution >= 0.6 is 0 Å². The molecule has 5 rings (SSSR count). The highest BCUT2D eigenvalue weighted by molar-refractivity contribution is 5.88. The Kier molecular flexibility index (Phi) is 5.22. The number of aromatic nitrogens is 2. The van der Waals surface area contributed by atoms with Gasteiger partial charge in [0.05, 0.1) is 24.2 Å². The molecule has 0 spiro atoms. The first kappa shape index (κ1) is 19.8. The number of nitrogens with zero attached hydrogens (tertiary/aromatic N) is 2. The molecule has 31 heavy (non-hydrogen) atoms. The van der Waals surface area contributed by atoms with E-state index in [0.717, 1.165) is 59.8 Å². The van der Waals surface area contributed by atoms with E-state index < -0.39 is 0 Å². The molecule has 1 atom stereocenters. The number of rotatable bonds is 5. The number of aromatic amines is 1. The Bertz CT molecular complexity index is 1220. The molecule has 1 aliphatic rings. The van der Waals surface area contributed by atoms with E-state index in [1.54, 1.807) is 7.11 Å². The highest BCUT2D eigenvalue weighted by Crippen LogP contribution is 2.32. The lowest BCUT2D eigenvalue weighted by Gasteiger charge is -2.17. The van der Waals surface area contributed by atoms with Crippen LogP contribution in [-0.2, 0) is 6.54 Å². The van der Waals surface area contributed by atoms with Crippen LogP contribution in [0.5, 0.6) is 5.75 Å². The minimum absolute atomic E-state index is 0.218. The van der Waals surface area contributed by atoms with E-state index in [2.05, 4.69) is 65.3 Å². The van der Waals surface area contributed by atoms with Crippen LogP contribution in [0.2, 0.25) is 0 Å². The molecule has 2 N–H and O–H groups in total. The second-order valence-electron chi connectivity index (χ2n) is 8.29. The minimum atomic E-state index is -0.218. The molecule has 0 saturated carbocycles. The van der Waals surface area contributed by atoms with Crippen LogP contribution in [0.3, 0.4) is 0 Å². The van der Waals surface area contributed by atoms with Gasteiger partial charge in [0.15, 0.2) is 0 Å². The number of hydrogen-bond donors (Lipinski definition) is 2. The first-order valence-corrected chi connectivity index (χ1v) is 10.7. The van der Waals surface area contributed by atoms with Gasteiger partial charge in [-0.1, -0.05) is 48.5 Å². The van der Waals surface area contributed by atoms with Crippen molar-refractivity contribution in [1.29, 1.82) is 0 Å². The fourth-order valence-electron chi connectivity index (χ4n) is 4.50. The summed E-state index contributed by atoms with van der Waals surface area (Å²) in [7, 11) is 1.70. The summed E-state index contributed by atoms with van der Waals surface area (Å²) in [6, 6.07) is 20.9. The zero-order chi connectivity index (χ0) is 21.4. The molecule has 2 heterocycles. The highest BCUT2D eigenvalue weighted by atomic mass is 16.5. The number of fused-ring (bicyclic) bond motifs is 1. The molecular weight excluding hydrogens is 386 g/mol. The maximum atomic E-state index is 9.80. The van der Waals surface area contributed by atoms with E-state index in [0.29, 0.717) is 0 Å². The summed E-state index contributed by atoms with van der Waals surface area (Å²) in [5.41, 5.74) is 7.71. The number of hydrogen-bond acceptors (Lipinski definition) is 4. The van der Waals surface area contributed by atoms with Crippen molar-refractivity contribution in [1.82, 2.24) is 14.9 Å². The lowest BCUT2D eigenvalue weighted by atomic mass is 9.99. The summed E-state index contributed by atoms with van der Waals surface area (Å²) in [5, 5.41) is 9.80. The number of likely N-dealkylation sites (tertiary alicyclic amines) is 1. The van der Waals surface area contributed by atoms with E-state index >= 15 is 0 Å². The molecular formula is C26H27N3O2. The van der Waals surface area contributed by atoms with Crippen molar-refractivity contribution in [3.05, 3.63) is 71.8 Å². The number of nitrogens with one attached hydrogen (secondary N) is 1. The van der Waals surface area contributed by atoms with E-state index in [-0.39, 0.29) is 6.10 Å². The lowest BCUT2D eigenvalue weighted by molar-refractivity contribution is 0.174. The average molecular weight is 414 g/mol. The maximum absolute atomic E-state index is 9.80. The Labute approximate surface area is 182 Å². The topological polar surface area (TPSA) is 61.4 Å². The first-order chi connectivity index (χ1) is 15.1. The zero-order valence-corrected chi connectivity index (χ0v) is 17.9. The molecule has 0 radical (unpaired) electrons. The van der Waals surface area contributed by atoms with Crippen molar-refractivity contribution >= 4 is 11.0 Å². The van der Waals surface area contributed by atoms with Crippen LogP contribution in [-0.4, -0.2) is 46.3 Å². The molecule has 0 bridgehead atoms. The number of methoxy groups -OCH3 is 1. The SMILES string of the molecule is COc1cc(-c2nc3c(C)c(-c4ccccc4)ccc3[nH]2)ccc1CN1CC[C@@H](O)C1. The van der Waals surface area contributed by atoms with Crippen molar-refractivity contribution in [3.63, 3.8) is 0 Å². The van der Waals surface area contributed by atoms with Gasteiger partial charge in [-0.2, -0.15) is 0 Å². The Morgan fingerprint density at radius 2 is 1.94 bits per heavy atom. The molecule has 0 unspecified atom stereocenters. The molecule has 1 saturated heterocycles. The predicted octanol–water partition coefficient (Wildman–Crippen LogP) is 4.78. The van der Waals surface area contributed by atoms with Gasteiger partial charge >= 0.3 is 0 Å². The second kappa shape index (κ2) is 8.17. The minimum Gasteiger partial charge on any atom is -0.496 e. The number of aliphatic hydroxyl groups is 1. The lowest BCUT2D eigenvalue weighted by Crippen LogP contribution is -2.21. The largest absolute Gasteiger partial charge is 0.496 e. The molecule has 4 aromatic rings. The summed E-state index contributed by atoms with van der Waals surface area (Å²) in [6.45, 7) is 4.54. The number of aryl methyl sites for hydroxylation is 1. The zero-order valence-electron chi connectivity index (χ0n) is 17.9. The van der Waals surface area contributed by atoms with Crippen LogP contribution in [0.25, 0.3) is 33.5 Å². The number of aliphatic hydroxyl groups excluding tert-OH is 1. The summed E-state index contributed by atoms with van der Waals surface area (Å²) in [6.07, 6.45) is 0.619. The quantitative estimate of drug-likeness (QED) is 0.494. The molecule has 158 valence electrons. The van der Waals surface area contributed by atoms with Gasteiger partial charge < -0.3 is 14.8 Å². The smallest absolute Gasteiger partial charge is 0.138 e. The second-order valence-corrected chi connectivity index (χ2v) is 8.29. The monoisotopic (exact) mass is 413 g/mol. The summed E-state index contributed by atoms with van der Waals surface area (Å²) < 4.78 is 5.69. The highest BCUT2D eigenvalue weighted by Gasteiger charge is 2.21. The maximum Gasteiger partial charge on any atom is 0.138 e. The van der Waals surface area contributed by atoms with Crippen LogP contribution in [0.4, 0.5) is 0 Å². The summed E-state index contributed by atoms with van der Waals surface area (Å²) >= 11 is 0. The van der Waals surface area contributed by atoms with Gasteiger partial charge in [-0.05, 0) is 42.2 Å². The fourth-order valence-corrected chi connectivity index (χ4v) is 4.50. The van der Waals surface area contributed by atoms with Crippen LogP contribution < -0.4 is 4.74 Å². The van der Waals surface area contributed by atoms with Gasteiger partial charge in [0.1, 0.15) is 11.6 Å². The molecule has 0 aliphatic carbocycles. The molecule has 5 heteroatoms. The van der Waals surface area contributed by atoms with Crippen LogP contribution in [0.1, 0.15) is 17.5 Å². The van der Waals surface area contributed by atoms with Gasteiger partial charge in [-0.3, -0.25) is 4.90 Å².